The molecular formula is C18H18N2O8S. The lowest BCUT2D eigenvalue weighted by molar-refractivity contribution is -0.384. The van der Waals surface area contributed by atoms with Crippen LogP contribution in [0.2, 0.25) is 0 Å². The van der Waals surface area contributed by atoms with Gasteiger partial charge in [-0.3, -0.25) is 19.2 Å². The monoisotopic (exact) mass is 422 g/mol. The maximum Gasteiger partial charge on any atom is 0.337 e. The van der Waals surface area contributed by atoms with Crippen molar-refractivity contribution in [1.29, 1.82) is 0 Å². The molecule has 0 saturated carbocycles. The fraction of sp³-hybridized carbons (Fsp3) is 0.222. The number of carbonyl (C=O) groups is 2. The fourth-order valence-corrected chi connectivity index (χ4v) is 3.81. The number of rotatable bonds is 8. The van der Waals surface area contributed by atoms with Gasteiger partial charge in [-0.2, -0.15) is 0 Å². The van der Waals surface area contributed by atoms with Crippen LogP contribution < -0.4 is 4.31 Å². The van der Waals surface area contributed by atoms with Crippen LogP contribution in [0.3, 0.4) is 0 Å². The Balaban J connectivity index is 2.53. The molecule has 0 atom stereocenters. The molecule has 2 aromatic rings. The minimum absolute atomic E-state index is 0.0271. The second-order valence-electron chi connectivity index (χ2n) is 5.61. The van der Waals surface area contributed by atoms with E-state index in [1.807, 2.05) is 0 Å². The summed E-state index contributed by atoms with van der Waals surface area (Å²) in [5.41, 5.74) is -0.175. The summed E-state index contributed by atoms with van der Waals surface area (Å²) < 4.78 is 36.5. The maximum absolute atomic E-state index is 13.1. The van der Waals surface area contributed by atoms with Gasteiger partial charge in [0.05, 0.1) is 34.8 Å². The standard InChI is InChI=1S/C18H18N2O8S/c1-3-28-17(21)12-19(15-6-4-5-13(11-15)18(22)27-2)29(25,26)16-9-7-14(8-10-16)20(23)24/h4-11H,3,12H2,1-2H3. The third kappa shape index (κ3) is 5.08. The van der Waals surface area contributed by atoms with Crippen molar-refractivity contribution in [3.63, 3.8) is 0 Å². The molecule has 0 aliphatic carbocycles. The van der Waals surface area contributed by atoms with E-state index in [1.165, 1.54) is 31.4 Å². The molecule has 0 amide bonds. The van der Waals surface area contributed by atoms with E-state index in [2.05, 4.69) is 4.74 Å². The van der Waals surface area contributed by atoms with Crippen LogP contribution in [0.25, 0.3) is 0 Å². The van der Waals surface area contributed by atoms with Gasteiger partial charge in [0.15, 0.2) is 0 Å². The predicted molar refractivity (Wildman–Crippen MR) is 102 cm³/mol. The number of sulfonamides is 1. The highest BCUT2D eigenvalue weighted by Crippen LogP contribution is 2.26. The third-order valence-corrected chi connectivity index (χ3v) is 5.56. The number of methoxy groups -OCH3 is 1. The Bertz CT molecular complexity index is 1020. The van der Waals surface area contributed by atoms with Gasteiger partial charge in [0.1, 0.15) is 6.54 Å². The van der Waals surface area contributed by atoms with Gasteiger partial charge in [0, 0.05) is 12.1 Å². The molecule has 0 fully saturated rings. The first kappa shape index (κ1) is 21.8. The van der Waals surface area contributed by atoms with Gasteiger partial charge < -0.3 is 9.47 Å². The first-order chi connectivity index (χ1) is 13.7. The van der Waals surface area contributed by atoms with Gasteiger partial charge in [0.2, 0.25) is 0 Å². The average molecular weight is 422 g/mol. The molecule has 0 heterocycles. The highest BCUT2D eigenvalue weighted by Gasteiger charge is 2.29. The summed E-state index contributed by atoms with van der Waals surface area (Å²) in [5, 5.41) is 10.8. The van der Waals surface area contributed by atoms with Gasteiger partial charge in [-0.05, 0) is 37.3 Å². The third-order valence-electron chi connectivity index (χ3n) is 3.77. The van der Waals surface area contributed by atoms with Gasteiger partial charge >= 0.3 is 11.9 Å². The minimum atomic E-state index is -4.30. The number of hydrogen-bond donors (Lipinski definition) is 0. The molecule has 0 N–H and O–H groups in total. The average Bonchev–Trinajstić information content (AvgIpc) is 2.71. The summed E-state index contributed by atoms with van der Waals surface area (Å²) in [5.74, 6) is -1.49. The van der Waals surface area contributed by atoms with Crippen molar-refractivity contribution in [2.24, 2.45) is 0 Å². The number of nitro benzene ring substituents is 1. The zero-order valence-corrected chi connectivity index (χ0v) is 16.4. The molecule has 0 bridgehead atoms. The molecule has 11 heteroatoms. The molecule has 154 valence electrons. The molecule has 0 spiro atoms. The molecule has 0 aliphatic heterocycles. The Hall–Kier alpha value is -3.47. The quantitative estimate of drug-likeness (QED) is 0.359. The van der Waals surface area contributed by atoms with E-state index in [0.29, 0.717) is 0 Å². The van der Waals surface area contributed by atoms with Crippen LogP contribution in [0.1, 0.15) is 17.3 Å². The summed E-state index contributed by atoms with van der Waals surface area (Å²) in [4.78, 5) is 33.7. The largest absolute Gasteiger partial charge is 0.465 e. The number of ether oxygens (including phenoxy) is 2. The molecule has 29 heavy (non-hydrogen) atoms. The first-order valence-electron chi connectivity index (χ1n) is 8.32. The van der Waals surface area contributed by atoms with Crippen LogP contribution in [0, 0.1) is 10.1 Å². The highest BCUT2D eigenvalue weighted by atomic mass is 32.2. The predicted octanol–water partition coefficient (Wildman–Crippen LogP) is 2.14. The Kier molecular flexibility index (Phi) is 6.89. The summed E-state index contributed by atoms with van der Waals surface area (Å²) >= 11 is 0. The molecule has 0 aromatic heterocycles. The molecule has 2 aromatic carbocycles. The van der Waals surface area contributed by atoms with E-state index in [4.69, 9.17) is 4.74 Å². The van der Waals surface area contributed by atoms with E-state index in [1.54, 1.807) is 6.92 Å². The number of nitro groups is 1. The second kappa shape index (κ2) is 9.15. The van der Waals surface area contributed by atoms with E-state index in [0.717, 1.165) is 28.6 Å². The first-order valence-corrected chi connectivity index (χ1v) is 9.76. The zero-order chi connectivity index (χ0) is 21.6. The van der Waals surface area contributed by atoms with Crippen molar-refractivity contribution in [2.75, 3.05) is 24.6 Å². The van der Waals surface area contributed by atoms with Crippen molar-refractivity contribution in [2.45, 2.75) is 11.8 Å². The Morgan fingerprint density at radius 1 is 1.14 bits per heavy atom. The molecule has 0 saturated heterocycles. The summed E-state index contributed by atoms with van der Waals surface area (Å²) in [7, 11) is -3.12. The van der Waals surface area contributed by atoms with Crippen molar-refractivity contribution in [3.8, 4) is 0 Å². The van der Waals surface area contributed by atoms with Crippen LogP contribution in [0.5, 0.6) is 0 Å². The van der Waals surface area contributed by atoms with E-state index < -0.39 is 33.4 Å². The lowest BCUT2D eigenvalue weighted by Crippen LogP contribution is -2.36. The number of non-ortho nitro benzene ring substituents is 1. The smallest absolute Gasteiger partial charge is 0.337 e. The van der Waals surface area contributed by atoms with Gasteiger partial charge in [-0.25, -0.2) is 13.2 Å². The van der Waals surface area contributed by atoms with Gasteiger partial charge in [-0.1, -0.05) is 6.07 Å². The van der Waals surface area contributed by atoms with E-state index >= 15 is 0 Å². The van der Waals surface area contributed by atoms with Crippen molar-refractivity contribution in [1.82, 2.24) is 0 Å². The highest BCUT2D eigenvalue weighted by molar-refractivity contribution is 7.92. The number of benzene rings is 2. The minimum Gasteiger partial charge on any atom is -0.465 e. The van der Waals surface area contributed by atoms with Crippen molar-refractivity contribution >= 4 is 33.3 Å². The van der Waals surface area contributed by atoms with Gasteiger partial charge in [0.25, 0.3) is 15.7 Å². The van der Waals surface area contributed by atoms with Crippen molar-refractivity contribution < 1.29 is 32.4 Å². The molecule has 0 radical (unpaired) electrons. The second-order valence-corrected chi connectivity index (χ2v) is 7.47. The van der Waals surface area contributed by atoms with Crippen LogP contribution >= 0.6 is 0 Å². The van der Waals surface area contributed by atoms with Crippen LogP contribution in [0.15, 0.2) is 53.4 Å². The normalized spacial score (nSPS) is 10.8. The lowest BCUT2D eigenvalue weighted by atomic mass is 10.2. The Labute approximate surface area is 166 Å². The molecular weight excluding hydrogens is 404 g/mol. The number of esters is 2. The maximum atomic E-state index is 13.1. The number of hydrogen-bond acceptors (Lipinski definition) is 8. The Morgan fingerprint density at radius 2 is 1.79 bits per heavy atom. The number of anilines is 1. The topological polar surface area (TPSA) is 133 Å². The summed E-state index contributed by atoms with van der Waals surface area (Å²) in [6.07, 6.45) is 0. The molecule has 0 aliphatic rings. The van der Waals surface area contributed by atoms with E-state index in [-0.39, 0.29) is 28.4 Å². The Morgan fingerprint density at radius 3 is 2.34 bits per heavy atom. The lowest BCUT2D eigenvalue weighted by Gasteiger charge is -2.24. The van der Waals surface area contributed by atoms with Crippen molar-refractivity contribution in [3.05, 3.63) is 64.2 Å². The van der Waals surface area contributed by atoms with E-state index in [9.17, 15) is 28.1 Å². The number of carbonyl (C=O) groups excluding carboxylic acids is 2. The van der Waals surface area contributed by atoms with Crippen LogP contribution in [-0.4, -0.2) is 45.5 Å². The fourth-order valence-electron chi connectivity index (χ4n) is 2.41. The zero-order valence-electron chi connectivity index (χ0n) is 15.6. The van der Waals surface area contributed by atoms with Crippen LogP contribution in [-0.2, 0) is 24.3 Å². The summed E-state index contributed by atoms with van der Waals surface area (Å²) in [6, 6.07) is 9.73. The SMILES string of the molecule is CCOC(=O)CN(c1cccc(C(=O)OC)c1)S(=O)(=O)c1ccc([N+](=O)[O-])cc1. The molecule has 10 nitrogen and oxygen atoms in total. The molecule has 0 unspecified atom stereocenters. The molecule has 2 rings (SSSR count). The summed E-state index contributed by atoms with van der Waals surface area (Å²) in [6.45, 7) is 0.967. The van der Waals surface area contributed by atoms with Gasteiger partial charge in [-0.15, -0.1) is 0 Å². The number of nitrogens with zero attached hydrogens (tertiary/aromatic N) is 2. The van der Waals surface area contributed by atoms with Crippen LogP contribution in [0.4, 0.5) is 11.4 Å².